The summed E-state index contributed by atoms with van der Waals surface area (Å²) in [6.07, 6.45) is 1.82. The van der Waals surface area contributed by atoms with Gasteiger partial charge in [-0.05, 0) is 19.3 Å². The van der Waals surface area contributed by atoms with Crippen molar-refractivity contribution in [1.82, 2.24) is 5.32 Å². The number of hydrogen-bond acceptors (Lipinski definition) is 6. The second-order valence-corrected chi connectivity index (χ2v) is 4.24. The predicted molar refractivity (Wildman–Crippen MR) is 69.5 cm³/mol. The fraction of sp³-hybridized carbons (Fsp3) is 0.583. The molecule has 0 aromatic carbocycles. The highest BCUT2D eigenvalue weighted by Crippen LogP contribution is 2.22. The number of carboxylic acids is 2. The second-order valence-electron chi connectivity index (χ2n) is 4.24. The normalized spacial score (nSPS) is 18.8. The topological polar surface area (TPSA) is 128 Å². The molecule has 0 aromatic rings. The van der Waals surface area contributed by atoms with E-state index in [0.29, 0.717) is 36.4 Å². The molecule has 0 spiro atoms. The number of aliphatic hydroxyl groups is 1. The van der Waals surface area contributed by atoms with Gasteiger partial charge in [0.2, 0.25) is 0 Å². The molecule has 8 nitrogen and oxygen atoms in total. The number of nitrogens with one attached hydrogen (secondary N) is 1. The number of nitrogens with zero attached hydrogens (tertiary/aromatic N) is 1. The van der Waals surface area contributed by atoms with Gasteiger partial charge in [-0.25, -0.2) is 4.79 Å². The minimum atomic E-state index is -1.18. The molecule has 0 fully saturated rings. The maximum Gasteiger partial charge on any atom is 0.328 e. The third-order valence-electron chi connectivity index (χ3n) is 2.81. The van der Waals surface area contributed by atoms with E-state index in [1.165, 1.54) is 7.11 Å². The Hall–Kier alpha value is -2.09. The van der Waals surface area contributed by atoms with Crippen molar-refractivity contribution in [2.24, 2.45) is 4.99 Å². The molecule has 0 saturated carbocycles. The maximum absolute atomic E-state index is 10.9. The highest BCUT2D eigenvalue weighted by molar-refractivity contribution is 6.00. The van der Waals surface area contributed by atoms with Gasteiger partial charge in [0.1, 0.15) is 12.6 Å². The molecule has 0 bridgehead atoms. The number of hydrogen-bond donors (Lipinski definition) is 4. The molecule has 1 aliphatic carbocycles. The van der Waals surface area contributed by atoms with Crippen LogP contribution in [0.1, 0.15) is 19.3 Å². The van der Waals surface area contributed by atoms with E-state index in [4.69, 9.17) is 20.1 Å². The first kappa shape index (κ1) is 16.0. The average Bonchev–Trinajstić information content (AvgIpc) is 2.41. The van der Waals surface area contributed by atoms with Crippen LogP contribution in [0, 0.1) is 0 Å². The lowest BCUT2D eigenvalue weighted by molar-refractivity contribution is -0.140. The van der Waals surface area contributed by atoms with E-state index in [1.807, 2.05) is 0 Å². The highest BCUT2D eigenvalue weighted by atomic mass is 16.5. The Morgan fingerprint density at radius 1 is 1.40 bits per heavy atom. The number of aliphatic carboxylic acids is 2. The lowest BCUT2D eigenvalue weighted by Gasteiger charge is -2.24. The van der Waals surface area contributed by atoms with Crippen LogP contribution in [-0.2, 0) is 14.3 Å². The Morgan fingerprint density at radius 2 is 2.10 bits per heavy atom. The summed E-state index contributed by atoms with van der Waals surface area (Å²) in [5, 5.41) is 29.3. The van der Waals surface area contributed by atoms with E-state index in [1.54, 1.807) is 0 Å². The van der Waals surface area contributed by atoms with Crippen molar-refractivity contribution in [3.8, 4) is 0 Å². The standard InChI is InChI=1S/C12H18N2O6/c1-20-11-7(13-5-10(16)17)3-2-4-8(11)14-9(6-15)12(18)19/h9,14-15H,2-6H2,1H3,(H,16,17)(H,18,19)/t9-/m1/s1. The van der Waals surface area contributed by atoms with Crippen molar-refractivity contribution in [3.05, 3.63) is 11.5 Å². The van der Waals surface area contributed by atoms with Gasteiger partial charge in [0, 0.05) is 0 Å². The van der Waals surface area contributed by atoms with Crippen LogP contribution < -0.4 is 5.32 Å². The van der Waals surface area contributed by atoms with E-state index in [-0.39, 0.29) is 6.54 Å². The van der Waals surface area contributed by atoms with Gasteiger partial charge in [-0.1, -0.05) is 0 Å². The Kier molecular flexibility index (Phi) is 5.98. The Balaban J connectivity index is 2.97. The van der Waals surface area contributed by atoms with E-state index in [0.717, 1.165) is 0 Å². The SMILES string of the molecule is COC1=C(N[C@H](CO)C(=O)O)CCCC1=NCC(=O)O. The van der Waals surface area contributed by atoms with Crippen molar-refractivity contribution >= 4 is 17.7 Å². The fourth-order valence-corrected chi connectivity index (χ4v) is 1.92. The summed E-state index contributed by atoms with van der Waals surface area (Å²) in [4.78, 5) is 25.4. The number of aliphatic hydroxyl groups excluding tert-OH is 1. The molecule has 112 valence electrons. The molecular formula is C12H18N2O6. The summed E-state index contributed by atoms with van der Waals surface area (Å²) in [7, 11) is 1.41. The monoisotopic (exact) mass is 286 g/mol. The molecule has 0 heterocycles. The Labute approximate surface area is 115 Å². The summed E-state index contributed by atoms with van der Waals surface area (Å²) in [5.74, 6) is -1.87. The molecule has 4 N–H and O–H groups in total. The average molecular weight is 286 g/mol. The van der Waals surface area contributed by atoms with Crippen LogP contribution in [-0.4, -0.2) is 59.3 Å². The van der Waals surface area contributed by atoms with Gasteiger partial charge in [0.25, 0.3) is 0 Å². The van der Waals surface area contributed by atoms with Gasteiger partial charge in [-0.15, -0.1) is 0 Å². The molecule has 0 amide bonds. The van der Waals surface area contributed by atoms with Crippen LogP contribution >= 0.6 is 0 Å². The number of rotatable bonds is 7. The quantitative estimate of drug-likeness (QED) is 0.500. The van der Waals surface area contributed by atoms with E-state index in [9.17, 15) is 9.59 Å². The van der Waals surface area contributed by atoms with Crippen LogP contribution in [0.5, 0.6) is 0 Å². The summed E-state index contributed by atoms with van der Waals surface area (Å²) < 4.78 is 5.19. The van der Waals surface area contributed by atoms with E-state index >= 15 is 0 Å². The zero-order valence-electron chi connectivity index (χ0n) is 11.1. The van der Waals surface area contributed by atoms with Crippen LogP contribution in [0.25, 0.3) is 0 Å². The van der Waals surface area contributed by atoms with Crippen LogP contribution in [0.4, 0.5) is 0 Å². The molecule has 0 saturated heterocycles. The molecule has 0 aliphatic heterocycles. The summed E-state index contributed by atoms with van der Waals surface area (Å²) in [5.41, 5.74) is 1.01. The van der Waals surface area contributed by atoms with Crippen molar-refractivity contribution in [2.45, 2.75) is 25.3 Å². The molecule has 20 heavy (non-hydrogen) atoms. The smallest absolute Gasteiger partial charge is 0.328 e. The van der Waals surface area contributed by atoms with E-state index < -0.39 is 24.6 Å². The molecule has 0 radical (unpaired) electrons. The van der Waals surface area contributed by atoms with Gasteiger partial charge < -0.3 is 25.4 Å². The zero-order chi connectivity index (χ0) is 15.1. The third kappa shape index (κ3) is 4.23. The number of ether oxygens (including phenoxy) is 1. The zero-order valence-corrected chi connectivity index (χ0v) is 11.1. The number of carbonyl (C=O) groups is 2. The van der Waals surface area contributed by atoms with Gasteiger partial charge >= 0.3 is 11.9 Å². The van der Waals surface area contributed by atoms with Crippen molar-refractivity contribution in [2.75, 3.05) is 20.3 Å². The first-order chi connectivity index (χ1) is 9.49. The number of carboxylic acid groups (broad SMARTS) is 2. The molecule has 8 heteroatoms. The Bertz CT molecular complexity index is 443. The first-order valence-corrected chi connectivity index (χ1v) is 6.12. The molecule has 1 rings (SSSR count). The van der Waals surface area contributed by atoms with Crippen molar-refractivity contribution in [3.63, 3.8) is 0 Å². The number of aliphatic imine (C=N–C) groups is 1. The first-order valence-electron chi connectivity index (χ1n) is 6.12. The minimum absolute atomic E-state index is 0.359. The van der Waals surface area contributed by atoms with Crippen LogP contribution in [0.15, 0.2) is 16.4 Å². The molecule has 1 atom stereocenters. The summed E-state index contributed by atoms with van der Waals surface area (Å²) >= 11 is 0. The van der Waals surface area contributed by atoms with Gasteiger partial charge in [0.05, 0.1) is 25.1 Å². The van der Waals surface area contributed by atoms with Crippen molar-refractivity contribution < 1.29 is 29.6 Å². The number of allylic oxidation sites excluding steroid dienone is 2. The molecule has 0 aromatic heterocycles. The minimum Gasteiger partial charge on any atom is -0.493 e. The molecule has 0 unspecified atom stereocenters. The van der Waals surface area contributed by atoms with Crippen LogP contribution in [0.3, 0.4) is 0 Å². The van der Waals surface area contributed by atoms with Gasteiger partial charge in [-0.3, -0.25) is 9.79 Å². The molecular weight excluding hydrogens is 268 g/mol. The fourth-order valence-electron chi connectivity index (χ4n) is 1.92. The summed E-state index contributed by atoms with van der Waals surface area (Å²) in [6, 6.07) is -1.13. The highest BCUT2D eigenvalue weighted by Gasteiger charge is 2.24. The number of methoxy groups -OCH3 is 1. The third-order valence-corrected chi connectivity index (χ3v) is 2.81. The van der Waals surface area contributed by atoms with Crippen molar-refractivity contribution in [1.29, 1.82) is 0 Å². The van der Waals surface area contributed by atoms with E-state index in [2.05, 4.69) is 10.3 Å². The largest absolute Gasteiger partial charge is 0.493 e. The van der Waals surface area contributed by atoms with Crippen LogP contribution in [0.2, 0.25) is 0 Å². The lowest BCUT2D eigenvalue weighted by atomic mass is 10.00. The summed E-state index contributed by atoms with van der Waals surface area (Å²) in [6.45, 7) is -0.921. The second kappa shape index (κ2) is 7.49. The van der Waals surface area contributed by atoms with Gasteiger partial charge in [0.15, 0.2) is 5.76 Å². The maximum atomic E-state index is 10.9. The Morgan fingerprint density at radius 3 is 2.60 bits per heavy atom. The predicted octanol–water partition coefficient (Wildman–Crippen LogP) is -0.411. The van der Waals surface area contributed by atoms with Gasteiger partial charge in [-0.2, -0.15) is 0 Å². The lowest BCUT2D eigenvalue weighted by Crippen LogP contribution is -2.40. The molecule has 1 aliphatic rings.